The van der Waals surface area contributed by atoms with Crippen LogP contribution in [0.3, 0.4) is 0 Å². The van der Waals surface area contributed by atoms with E-state index in [0.717, 1.165) is 21.5 Å². The van der Waals surface area contributed by atoms with Gasteiger partial charge < -0.3 is 9.15 Å². The van der Waals surface area contributed by atoms with Gasteiger partial charge in [0.05, 0.1) is 24.6 Å². The van der Waals surface area contributed by atoms with Gasteiger partial charge in [-0.3, -0.25) is 0 Å². The van der Waals surface area contributed by atoms with E-state index in [9.17, 15) is 4.79 Å². The molecule has 2 heterocycles. The van der Waals surface area contributed by atoms with Crippen LogP contribution in [0.25, 0.3) is 21.5 Å². The van der Waals surface area contributed by atoms with Gasteiger partial charge in [-0.2, -0.15) is 0 Å². The molecule has 0 radical (unpaired) electrons. The molecule has 4 nitrogen and oxygen atoms in total. The maximum absolute atomic E-state index is 11.6. The Bertz CT molecular complexity index is 729. The summed E-state index contributed by atoms with van der Waals surface area (Å²) in [7, 11) is 0. The predicted molar refractivity (Wildman–Crippen MR) is 73.3 cm³/mol. The zero-order valence-corrected chi connectivity index (χ0v) is 11.1. The largest absolute Gasteiger partial charge is 0.464 e. The molecule has 2 aromatic heterocycles. The van der Waals surface area contributed by atoms with Crippen molar-refractivity contribution < 1.29 is 13.9 Å². The Morgan fingerprint density at radius 1 is 1.42 bits per heavy atom. The average Bonchev–Trinajstić information content (AvgIpc) is 3.07. The molecule has 3 rings (SSSR count). The number of aromatic nitrogens is 1. The van der Waals surface area contributed by atoms with Crippen molar-refractivity contribution in [2.75, 3.05) is 6.61 Å². The summed E-state index contributed by atoms with van der Waals surface area (Å²) in [6, 6.07) is 7.75. The third-order valence-corrected chi connectivity index (χ3v) is 3.70. The van der Waals surface area contributed by atoms with E-state index in [1.54, 1.807) is 19.4 Å². The summed E-state index contributed by atoms with van der Waals surface area (Å²) in [4.78, 5) is 16.4. The second-order valence-corrected chi connectivity index (χ2v) is 4.93. The molecule has 1 aromatic carbocycles. The number of carbonyl (C=O) groups is 1. The molecule has 0 saturated carbocycles. The standard InChI is InChI=1S/C14H11NO3S/c1-2-17-14(16)11-8-15-13(19-11)10-5-3-4-9-6-7-18-12(9)10/h3-8H,2H2,1H3. The van der Waals surface area contributed by atoms with Gasteiger partial charge in [0, 0.05) is 5.39 Å². The van der Waals surface area contributed by atoms with Crippen molar-refractivity contribution in [2.45, 2.75) is 6.92 Å². The van der Waals surface area contributed by atoms with Gasteiger partial charge in [0.2, 0.25) is 0 Å². The van der Waals surface area contributed by atoms with Crippen LogP contribution in [0.4, 0.5) is 0 Å². The Hall–Kier alpha value is -2.14. The summed E-state index contributed by atoms with van der Waals surface area (Å²) >= 11 is 1.31. The quantitative estimate of drug-likeness (QED) is 0.682. The smallest absolute Gasteiger partial charge is 0.349 e. The van der Waals surface area contributed by atoms with E-state index in [1.165, 1.54) is 11.3 Å². The number of rotatable bonds is 3. The van der Waals surface area contributed by atoms with E-state index in [4.69, 9.17) is 9.15 Å². The van der Waals surface area contributed by atoms with Gasteiger partial charge in [-0.25, -0.2) is 9.78 Å². The number of hydrogen-bond acceptors (Lipinski definition) is 5. The van der Waals surface area contributed by atoms with Gasteiger partial charge >= 0.3 is 5.97 Å². The molecule has 0 aliphatic rings. The molecule has 0 saturated heterocycles. The van der Waals surface area contributed by atoms with Gasteiger partial charge in [-0.05, 0) is 19.1 Å². The third-order valence-electron chi connectivity index (χ3n) is 2.69. The van der Waals surface area contributed by atoms with Crippen LogP contribution < -0.4 is 0 Å². The number of para-hydroxylation sites is 1. The topological polar surface area (TPSA) is 52.3 Å². The van der Waals surface area contributed by atoms with E-state index in [-0.39, 0.29) is 5.97 Å². The number of benzene rings is 1. The fourth-order valence-electron chi connectivity index (χ4n) is 1.86. The minimum Gasteiger partial charge on any atom is -0.464 e. The van der Waals surface area contributed by atoms with Crippen LogP contribution in [-0.4, -0.2) is 17.6 Å². The first-order valence-corrected chi connectivity index (χ1v) is 6.71. The number of esters is 1. The Kier molecular flexibility index (Phi) is 3.05. The fraction of sp³-hybridized carbons (Fsp3) is 0.143. The van der Waals surface area contributed by atoms with Gasteiger partial charge in [0.25, 0.3) is 0 Å². The van der Waals surface area contributed by atoms with E-state index in [1.807, 2.05) is 24.3 Å². The zero-order valence-electron chi connectivity index (χ0n) is 10.3. The Morgan fingerprint density at radius 2 is 2.32 bits per heavy atom. The SMILES string of the molecule is CCOC(=O)c1cnc(-c2cccc3ccoc23)s1. The molecule has 0 spiro atoms. The van der Waals surface area contributed by atoms with Crippen LogP contribution in [-0.2, 0) is 4.74 Å². The molecule has 0 N–H and O–H groups in total. The molecule has 0 fully saturated rings. The van der Waals surface area contributed by atoms with Crippen LogP contribution in [0.5, 0.6) is 0 Å². The van der Waals surface area contributed by atoms with Gasteiger partial charge in [0.15, 0.2) is 0 Å². The number of hydrogen-bond donors (Lipinski definition) is 0. The lowest BCUT2D eigenvalue weighted by molar-refractivity contribution is 0.0532. The second-order valence-electron chi connectivity index (χ2n) is 3.89. The maximum atomic E-state index is 11.6. The molecule has 0 unspecified atom stereocenters. The van der Waals surface area contributed by atoms with Crippen molar-refractivity contribution in [1.29, 1.82) is 0 Å². The first kappa shape index (κ1) is 11.9. The van der Waals surface area contributed by atoms with Crippen molar-refractivity contribution in [3.63, 3.8) is 0 Å². The summed E-state index contributed by atoms with van der Waals surface area (Å²) in [6.07, 6.45) is 3.19. The summed E-state index contributed by atoms with van der Waals surface area (Å²) in [5.41, 5.74) is 1.68. The zero-order chi connectivity index (χ0) is 13.2. The van der Waals surface area contributed by atoms with E-state index in [0.29, 0.717) is 11.5 Å². The lowest BCUT2D eigenvalue weighted by Gasteiger charge is -1.97. The van der Waals surface area contributed by atoms with Crippen molar-refractivity contribution in [3.05, 3.63) is 41.6 Å². The lowest BCUT2D eigenvalue weighted by atomic mass is 10.2. The maximum Gasteiger partial charge on any atom is 0.349 e. The highest BCUT2D eigenvalue weighted by Crippen LogP contribution is 2.32. The lowest BCUT2D eigenvalue weighted by Crippen LogP contribution is -2.01. The minimum absolute atomic E-state index is 0.335. The number of thiazole rings is 1. The molecule has 0 bridgehead atoms. The second kappa shape index (κ2) is 4.85. The van der Waals surface area contributed by atoms with Crippen LogP contribution in [0, 0.1) is 0 Å². The number of furan rings is 1. The monoisotopic (exact) mass is 273 g/mol. The van der Waals surface area contributed by atoms with E-state index < -0.39 is 0 Å². The van der Waals surface area contributed by atoms with Gasteiger partial charge in [0.1, 0.15) is 15.5 Å². The van der Waals surface area contributed by atoms with Crippen LogP contribution in [0.15, 0.2) is 41.1 Å². The summed E-state index contributed by atoms with van der Waals surface area (Å²) in [5, 5.41) is 1.77. The average molecular weight is 273 g/mol. The molecule has 0 atom stereocenters. The summed E-state index contributed by atoms with van der Waals surface area (Å²) in [6.45, 7) is 2.14. The highest BCUT2D eigenvalue weighted by Gasteiger charge is 2.15. The van der Waals surface area contributed by atoms with Crippen molar-refractivity contribution >= 4 is 28.3 Å². The summed E-state index contributed by atoms with van der Waals surface area (Å²) in [5.74, 6) is -0.335. The van der Waals surface area contributed by atoms with Crippen molar-refractivity contribution in [3.8, 4) is 10.6 Å². The molecule has 5 heteroatoms. The van der Waals surface area contributed by atoms with Gasteiger partial charge in [-0.15, -0.1) is 11.3 Å². The molecule has 0 aliphatic heterocycles. The highest BCUT2D eigenvalue weighted by atomic mass is 32.1. The first-order chi connectivity index (χ1) is 9.29. The summed E-state index contributed by atoms with van der Waals surface area (Å²) < 4.78 is 10.4. The van der Waals surface area contributed by atoms with Gasteiger partial charge in [-0.1, -0.05) is 12.1 Å². The predicted octanol–water partition coefficient (Wildman–Crippen LogP) is 3.73. The molecular formula is C14H11NO3S. The molecule has 0 aliphatic carbocycles. The number of nitrogens with zero attached hydrogens (tertiary/aromatic N) is 1. The van der Waals surface area contributed by atoms with Crippen LogP contribution in [0.1, 0.15) is 16.6 Å². The van der Waals surface area contributed by atoms with Crippen LogP contribution in [0.2, 0.25) is 0 Å². The fourth-order valence-corrected chi connectivity index (χ4v) is 2.69. The first-order valence-electron chi connectivity index (χ1n) is 5.89. The molecule has 0 amide bonds. The number of carbonyl (C=O) groups excluding carboxylic acids is 1. The Labute approximate surface area is 113 Å². The Balaban J connectivity index is 2.03. The Morgan fingerprint density at radius 3 is 3.16 bits per heavy atom. The normalized spacial score (nSPS) is 10.8. The minimum atomic E-state index is -0.335. The van der Waals surface area contributed by atoms with Crippen LogP contribution >= 0.6 is 11.3 Å². The van der Waals surface area contributed by atoms with Crippen molar-refractivity contribution in [2.24, 2.45) is 0 Å². The number of fused-ring (bicyclic) bond motifs is 1. The molecule has 3 aromatic rings. The molecular weight excluding hydrogens is 262 g/mol. The number of ether oxygens (including phenoxy) is 1. The van der Waals surface area contributed by atoms with Crippen molar-refractivity contribution in [1.82, 2.24) is 4.98 Å². The third kappa shape index (κ3) is 2.13. The van der Waals surface area contributed by atoms with E-state index in [2.05, 4.69) is 4.98 Å². The molecule has 19 heavy (non-hydrogen) atoms. The highest BCUT2D eigenvalue weighted by molar-refractivity contribution is 7.16. The van der Waals surface area contributed by atoms with E-state index >= 15 is 0 Å². The molecule has 96 valence electrons.